The summed E-state index contributed by atoms with van der Waals surface area (Å²) >= 11 is 0. The van der Waals surface area contributed by atoms with Crippen LogP contribution in [-0.2, 0) is 39.5 Å². The Morgan fingerprint density at radius 2 is 1.19 bits per heavy atom. The minimum Gasteiger partial charge on any atom is -0.790 e. The van der Waals surface area contributed by atoms with Gasteiger partial charge in [-0.3, -0.25) is 9.59 Å². The van der Waals surface area contributed by atoms with E-state index < -0.39 is 38.6 Å². The van der Waals surface area contributed by atoms with E-state index in [1.165, 1.54) is 32.1 Å². The molecule has 1 N–H and O–H groups in total. The van der Waals surface area contributed by atoms with Crippen molar-refractivity contribution in [3.63, 3.8) is 0 Å². The van der Waals surface area contributed by atoms with E-state index in [-0.39, 0.29) is 26.1 Å². The molecule has 0 saturated heterocycles. The van der Waals surface area contributed by atoms with Gasteiger partial charge in [0.05, 0.1) is 14.4 Å². The molecule has 0 aliphatic carbocycles. The third-order valence-corrected chi connectivity index (χ3v) is 8.14. The van der Waals surface area contributed by atoms with E-state index in [4.69, 9.17) is 14.2 Å². The second-order valence-electron chi connectivity index (χ2n) is 12.0. The first-order valence-electron chi connectivity index (χ1n) is 17.7. The second kappa shape index (κ2) is 28.5. The van der Waals surface area contributed by atoms with Crippen molar-refractivity contribution in [3.05, 3.63) is 35.9 Å². The molecule has 1 aromatic rings. The van der Waals surface area contributed by atoms with Gasteiger partial charge in [0.15, 0.2) is 6.10 Å². The van der Waals surface area contributed by atoms with Crippen molar-refractivity contribution in [2.24, 2.45) is 0 Å². The average Bonchev–Trinajstić information content (AvgIpc) is 3.04. The minimum atomic E-state index is -5.26. The van der Waals surface area contributed by atoms with Crippen LogP contribution in [0, 0.1) is 0 Å². The number of ether oxygens (including phenoxy) is 3. The summed E-state index contributed by atoms with van der Waals surface area (Å²) in [5.41, 5.74) is 0.954. The van der Waals surface area contributed by atoms with Gasteiger partial charge < -0.3 is 38.4 Å². The Balaban J connectivity index is 2.05. The van der Waals surface area contributed by atoms with Gasteiger partial charge in [-0.1, -0.05) is 134 Å². The Kier molecular flexibility index (Phi) is 25.8. The molecule has 0 heterocycles. The van der Waals surface area contributed by atoms with Crippen LogP contribution >= 0.6 is 7.82 Å². The predicted octanol–water partition coefficient (Wildman–Crippen LogP) is 7.04. The monoisotopic (exact) mass is 683 g/mol. The lowest BCUT2D eigenvalue weighted by Gasteiger charge is -2.30. The molecule has 0 radical (unpaired) electrons. The smallest absolute Gasteiger partial charge is 0.407 e. The number of rotatable bonds is 30. The Bertz CT molecular complexity index is 988. The number of alkyl carbamates (subject to hydrolysis) is 1. The zero-order valence-electron chi connectivity index (χ0n) is 28.5. The number of nitrogens with one attached hydrogen (secondary N) is 1. The van der Waals surface area contributed by atoms with Crippen LogP contribution in [0.3, 0.4) is 0 Å². The maximum Gasteiger partial charge on any atom is 0.407 e. The van der Waals surface area contributed by atoms with Crippen LogP contribution in [-0.4, -0.2) is 43.9 Å². The number of hydrogen-bond acceptors (Lipinski definition) is 10. The quantitative estimate of drug-likeness (QED) is 0.0385. The molecule has 0 fully saturated rings. The molecule has 1 atom stereocenters. The molecule has 1 aromatic carbocycles. The number of benzene rings is 1. The van der Waals surface area contributed by atoms with E-state index >= 15 is 0 Å². The van der Waals surface area contributed by atoms with Crippen molar-refractivity contribution in [1.29, 1.82) is 0 Å². The van der Waals surface area contributed by atoms with Gasteiger partial charge in [-0.25, -0.2) is 4.79 Å². The number of carbonyl (C=O) groups excluding carboxylic acids is 3. The van der Waals surface area contributed by atoms with Crippen molar-refractivity contribution in [2.75, 3.05) is 19.8 Å². The lowest BCUT2D eigenvalue weighted by atomic mass is 10.1. The van der Waals surface area contributed by atoms with Crippen molar-refractivity contribution in [1.82, 2.24) is 5.32 Å². The first-order valence-corrected chi connectivity index (χ1v) is 19.1. The van der Waals surface area contributed by atoms with E-state index in [2.05, 4.69) is 16.8 Å². The Hall–Kier alpha value is -2.46. The summed E-state index contributed by atoms with van der Waals surface area (Å²) in [6.07, 6.45) is 17.5. The molecule has 1 unspecified atom stereocenters. The molecule has 12 heteroatoms. The number of carbonyl (C=O) groups is 3. The van der Waals surface area contributed by atoms with Gasteiger partial charge in [0.2, 0.25) is 0 Å². The molecule has 47 heavy (non-hydrogen) atoms. The SMILES string of the molecule is CCCCCCCCCCCC(=O)OC(COC(=O)CCCCCCCCCCCNC(=O)OCc1ccccc1)COP(=O)([O-])[O-]. The minimum absolute atomic E-state index is 0.163. The summed E-state index contributed by atoms with van der Waals surface area (Å²) in [6, 6.07) is 9.55. The summed E-state index contributed by atoms with van der Waals surface area (Å²) in [5.74, 6) is -1.02. The number of hydrogen-bond donors (Lipinski definition) is 1. The largest absolute Gasteiger partial charge is 0.790 e. The third-order valence-electron chi connectivity index (χ3n) is 7.67. The predicted molar refractivity (Wildman–Crippen MR) is 177 cm³/mol. The molecular weight excluding hydrogens is 625 g/mol. The lowest BCUT2D eigenvalue weighted by Crippen LogP contribution is -2.31. The highest BCUT2D eigenvalue weighted by Gasteiger charge is 2.18. The van der Waals surface area contributed by atoms with Crippen LogP contribution in [0.2, 0.25) is 0 Å². The van der Waals surface area contributed by atoms with Gasteiger partial charge in [-0.05, 0) is 24.8 Å². The summed E-state index contributed by atoms with van der Waals surface area (Å²) in [4.78, 5) is 58.0. The van der Waals surface area contributed by atoms with Gasteiger partial charge in [0.1, 0.15) is 13.2 Å². The molecule has 0 spiro atoms. The number of esters is 2. The van der Waals surface area contributed by atoms with Crippen molar-refractivity contribution in [2.45, 2.75) is 148 Å². The van der Waals surface area contributed by atoms with Crippen molar-refractivity contribution < 1.29 is 47.5 Å². The number of phosphoric ester groups is 1. The zero-order valence-corrected chi connectivity index (χ0v) is 29.4. The normalized spacial score (nSPS) is 12.0. The molecule has 0 saturated carbocycles. The van der Waals surface area contributed by atoms with E-state index in [9.17, 15) is 28.7 Å². The topological polar surface area (TPSA) is 163 Å². The lowest BCUT2D eigenvalue weighted by molar-refractivity contribution is -0.343. The first kappa shape index (κ1) is 42.6. The van der Waals surface area contributed by atoms with Gasteiger partial charge >= 0.3 is 18.0 Å². The third kappa shape index (κ3) is 28.3. The van der Waals surface area contributed by atoms with E-state index in [1.807, 2.05) is 30.3 Å². The fourth-order valence-corrected chi connectivity index (χ4v) is 5.32. The molecule has 1 rings (SSSR count). The number of amides is 1. The van der Waals surface area contributed by atoms with Gasteiger partial charge in [-0.15, -0.1) is 0 Å². The van der Waals surface area contributed by atoms with E-state index in [0.717, 1.165) is 76.2 Å². The second-order valence-corrected chi connectivity index (χ2v) is 13.2. The Morgan fingerprint density at radius 3 is 1.74 bits per heavy atom. The summed E-state index contributed by atoms with van der Waals surface area (Å²) in [5, 5.41) is 2.78. The maximum absolute atomic E-state index is 12.2. The van der Waals surface area contributed by atoms with Crippen LogP contribution in [0.25, 0.3) is 0 Å². The van der Waals surface area contributed by atoms with Gasteiger partial charge in [-0.2, -0.15) is 0 Å². The highest BCUT2D eigenvalue weighted by molar-refractivity contribution is 7.43. The molecule has 0 aromatic heterocycles. The first-order chi connectivity index (χ1) is 22.7. The van der Waals surface area contributed by atoms with Crippen molar-refractivity contribution >= 4 is 25.9 Å². The summed E-state index contributed by atoms with van der Waals surface area (Å²) < 4.78 is 30.8. The zero-order chi connectivity index (χ0) is 34.4. The fraction of sp³-hybridized carbons (Fsp3) is 0.743. The Morgan fingerprint density at radius 1 is 0.681 bits per heavy atom. The number of phosphoric acid groups is 1. The molecular formula is C35H58NO10P-2. The Labute approximate surface area is 282 Å². The highest BCUT2D eigenvalue weighted by Crippen LogP contribution is 2.25. The molecule has 0 aliphatic rings. The molecule has 1 amide bonds. The maximum atomic E-state index is 12.2. The van der Waals surface area contributed by atoms with Gasteiger partial charge in [0.25, 0.3) is 0 Å². The van der Waals surface area contributed by atoms with E-state index in [1.54, 1.807) is 0 Å². The standard InChI is InChI=1S/C35H60NO10P/c1-2-3-4-5-6-8-12-15-21-26-34(38)46-32(30-45-47(40,41)42)29-43-33(37)25-20-14-11-9-7-10-13-16-22-27-36-35(39)44-28-31-23-18-17-19-24-31/h17-19,23-24,32H,2-16,20-22,25-30H2,1H3,(H,36,39)(H2,40,41,42)/p-2. The summed E-state index contributed by atoms with van der Waals surface area (Å²) in [7, 11) is -5.26. The average molecular weight is 684 g/mol. The molecule has 270 valence electrons. The fourth-order valence-electron chi connectivity index (χ4n) is 4.97. The van der Waals surface area contributed by atoms with Crippen LogP contribution < -0.4 is 15.1 Å². The number of unbranched alkanes of at least 4 members (excludes halogenated alkanes) is 16. The molecule has 0 bridgehead atoms. The van der Waals surface area contributed by atoms with Crippen LogP contribution in [0.1, 0.15) is 141 Å². The van der Waals surface area contributed by atoms with Crippen LogP contribution in [0.5, 0.6) is 0 Å². The molecule has 0 aliphatic heterocycles. The van der Waals surface area contributed by atoms with Gasteiger partial charge in [0, 0.05) is 19.4 Å². The van der Waals surface area contributed by atoms with E-state index in [0.29, 0.717) is 19.4 Å². The van der Waals surface area contributed by atoms with Crippen LogP contribution in [0.4, 0.5) is 4.79 Å². The summed E-state index contributed by atoms with van der Waals surface area (Å²) in [6.45, 7) is 1.99. The van der Waals surface area contributed by atoms with Crippen LogP contribution in [0.15, 0.2) is 30.3 Å². The van der Waals surface area contributed by atoms with Crippen molar-refractivity contribution in [3.8, 4) is 0 Å². The molecule has 11 nitrogen and oxygen atoms in total. The highest BCUT2D eigenvalue weighted by atomic mass is 31.2.